The molecule has 1 aliphatic carbocycles. The number of guanidine groups is 1. The molecule has 0 saturated heterocycles. The number of hydrogen-bond donors (Lipinski definition) is 2. The number of hydrogen-bond acceptors (Lipinski definition) is 9. The Balaban J connectivity index is 1.38. The third kappa shape index (κ3) is 6.27. The first kappa shape index (κ1) is 29.9. The number of nitrogens with one attached hydrogen (secondary N) is 2. The number of ether oxygens (including phenoxy) is 3. The maximum atomic E-state index is 14.8. The van der Waals surface area contributed by atoms with Crippen molar-refractivity contribution in [3.05, 3.63) is 70.2 Å². The van der Waals surface area contributed by atoms with Gasteiger partial charge in [0.25, 0.3) is 5.84 Å². The Morgan fingerprint density at radius 3 is 2.48 bits per heavy atom. The van der Waals surface area contributed by atoms with E-state index in [0.29, 0.717) is 51.8 Å². The summed E-state index contributed by atoms with van der Waals surface area (Å²) in [6.45, 7) is 7.81. The Labute approximate surface area is 252 Å². The smallest absolute Gasteiger partial charge is 0.261 e. The van der Waals surface area contributed by atoms with E-state index < -0.39 is 4.65 Å². The van der Waals surface area contributed by atoms with E-state index in [1.165, 1.54) is 0 Å². The number of fused-ring (bicyclic) bond motifs is 1. The predicted molar refractivity (Wildman–Crippen MR) is 168 cm³/mol. The Hall–Kier alpha value is -3.57. The standard InChI is InChI=1S/C31H39ClN6O4/c1-5-37(6-2)15-16-42-24-13-11-22(12-14-24)33-31-34-30-27(35-36-31)17-21(20-38(30,39)23-9-7-8-10-23)26-18-25(40-3)19-28(41-4)29(26)32/h11-14,17-20,23,35H,5-10,15-16H2,1-4H3,(H,33,36). The third-order valence-corrected chi connectivity index (χ3v) is 8.41. The molecule has 1 saturated carbocycles. The minimum Gasteiger partial charge on any atom is -0.621 e. The number of hydrazone groups is 1. The van der Waals surface area contributed by atoms with Crippen molar-refractivity contribution in [1.82, 2.24) is 10.3 Å². The Bertz CT molecular complexity index is 1400. The fourth-order valence-corrected chi connectivity index (χ4v) is 5.88. The van der Waals surface area contributed by atoms with Gasteiger partial charge in [-0.3, -0.25) is 10.1 Å². The number of quaternary nitrogens is 1. The van der Waals surface area contributed by atoms with Gasteiger partial charge >= 0.3 is 0 Å². The van der Waals surface area contributed by atoms with Crippen LogP contribution in [-0.4, -0.2) is 67.8 Å². The summed E-state index contributed by atoms with van der Waals surface area (Å²) < 4.78 is 16.1. The summed E-state index contributed by atoms with van der Waals surface area (Å²) >= 11 is 6.72. The van der Waals surface area contributed by atoms with Crippen LogP contribution in [0.2, 0.25) is 5.02 Å². The number of nitrogens with zero attached hydrogens (tertiary/aromatic N) is 4. The molecule has 2 heterocycles. The number of benzene rings is 2. The zero-order valence-corrected chi connectivity index (χ0v) is 25.4. The second kappa shape index (κ2) is 13.2. The molecular formula is C31H39ClN6O4. The summed E-state index contributed by atoms with van der Waals surface area (Å²) in [6, 6.07) is 11.0. The van der Waals surface area contributed by atoms with E-state index in [1.807, 2.05) is 36.4 Å². The van der Waals surface area contributed by atoms with Crippen molar-refractivity contribution in [2.75, 3.05) is 45.8 Å². The quantitative estimate of drug-likeness (QED) is 0.244. The highest BCUT2D eigenvalue weighted by atomic mass is 35.5. The lowest BCUT2D eigenvalue weighted by Crippen LogP contribution is -2.54. The lowest BCUT2D eigenvalue weighted by molar-refractivity contribution is -0.762. The van der Waals surface area contributed by atoms with Crippen LogP contribution in [0, 0.1) is 5.21 Å². The van der Waals surface area contributed by atoms with Gasteiger partial charge in [-0.1, -0.05) is 25.4 Å². The Kier molecular flexibility index (Phi) is 9.37. The molecule has 0 bridgehead atoms. The Morgan fingerprint density at radius 1 is 1.07 bits per heavy atom. The molecule has 5 rings (SSSR count). The van der Waals surface area contributed by atoms with Gasteiger partial charge < -0.3 is 29.6 Å². The van der Waals surface area contributed by atoms with Gasteiger partial charge in [-0.05, 0) is 62.3 Å². The van der Waals surface area contributed by atoms with Crippen molar-refractivity contribution in [3.8, 4) is 17.2 Å². The van der Waals surface area contributed by atoms with E-state index >= 15 is 0 Å². The maximum absolute atomic E-state index is 14.8. The Morgan fingerprint density at radius 2 is 1.81 bits per heavy atom. The first-order valence-electron chi connectivity index (χ1n) is 14.5. The molecule has 0 amide bonds. The van der Waals surface area contributed by atoms with Crippen molar-refractivity contribution >= 4 is 34.7 Å². The largest absolute Gasteiger partial charge is 0.621 e. The van der Waals surface area contributed by atoms with Gasteiger partial charge in [0.15, 0.2) is 0 Å². The molecule has 224 valence electrons. The molecule has 0 aromatic heterocycles. The van der Waals surface area contributed by atoms with Crippen LogP contribution in [0.25, 0.3) is 5.57 Å². The molecular weight excluding hydrogens is 556 g/mol. The summed E-state index contributed by atoms with van der Waals surface area (Å²) in [6.07, 6.45) is 7.19. The fourth-order valence-electron chi connectivity index (χ4n) is 5.59. The number of halogens is 1. The third-order valence-electron chi connectivity index (χ3n) is 8.02. The van der Waals surface area contributed by atoms with Gasteiger partial charge in [-0.25, -0.2) is 0 Å². The van der Waals surface area contributed by atoms with Gasteiger partial charge in [0.1, 0.15) is 35.8 Å². The van der Waals surface area contributed by atoms with Crippen LogP contribution < -0.4 is 25.0 Å². The first-order chi connectivity index (χ1) is 20.4. The van der Waals surface area contributed by atoms with Crippen molar-refractivity contribution in [1.29, 1.82) is 0 Å². The molecule has 0 spiro atoms. The molecule has 42 heavy (non-hydrogen) atoms. The predicted octanol–water partition coefficient (Wildman–Crippen LogP) is 5.96. The molecule has 3 aliphatic rings. The lowest BCUT2D eigenvalue weighted by Gasteiger charge is -2.46. The number of hydroxylamine groups is 3. The molecule has 2 aliphatic heterocycles. The highest BCUT2D eigenvalue weighted by Gasteiger charge is 2.42. The summed E-state index contributed by atoms with van der Waals surface area (Å²) in [7, 11) is 3.13. The lowest BCUT2D eigenvalue weighted by atomic mass is 9.99. The van der Waals surface area contributed by atoms with Gasteiger partial charge in [0, 0.05) is 42.3 Å². The van der Waals surface area contributed by atoms with E-state index in [-0.39, 0.29) is 6.04 Å². The van der Waals surface area contributed by atoms with E-state index in [2.05, 4.69) is 34.6 Å². The van der Waals surface area contributed by atoms with Crippen LogP contribution >= 0.6 is 11.6 Å². The zero-order valence-electron chi connectivity index (χ0n) is 24.7. The highest BCUT2D eigenvalue weighted by Crippen LogP contribution is 2.42. The van der Waals surface area contributed by atoms with Gasteiger partial charge in [-0.15, -0.1) is 5.10 Å². The summed E-state index contributed by atoms with van der Waals surface area (Å²) in [4.78, 5) is 7.06. The van der Waals surface area contributed by atoms with Crippen molar-refractivity contribution in [3.63, 3.8) is 0 Å². The number of anilines is 1. The number of methoxy groups -OCH3 is 2. The van der Waals surface area contributed by atoms with Crippen LogP contribution in [0.1, 0.15) is 45.1 Å². The number of allylic oxidation sites excluding steroid dienone is 2. The summed E-state index contributed by atoms with van der Waals surface area (Å²) in [5.74, 6) is 2.52. The molecule has 0 radical (unpaired) electrons. The molecule has 1 atom stereocenters. The molecule has 2 aromatic rings. The average molecular weight is 595 g/mol. The van der Waals surface area contributed by atoms with E-state index in [0.717, 1.165) is 56.8 Å². The normalized spacial score (nSPS) is 20.2. The molecule has 1 fully saturated rings. The average Bonchev–Trinajstić information content (AvgIpc) is 3.57. The van der Waals surface area contributed by atoms with Crippen LogP contribution in [0.3, 0.4) is 0 Å². The number of amidine groups is 1. The van der Waals surface area contributed by atoms with Crippen molar-refractivity contribution in [2.45, 2.75) is 45.6 Å². The minimum absolute atomic E-state index is 0.164. The monoisotopic (exact) mass is 594 g/mol. The second-order valence-corrected chi connectivity index (χ2v) is 10.9. The van der Waals surface area contributed by atoms with E-state index in [4.69, 9.17) is 30.8 Å². The van der Waals surface area contributed by atoms with Gasteiger partial charge in [-0.2, -0.15) is 4.99 Å². The van der Waals surface area contributed by atoms with Crippen LogP contribution in [-0.2, 0) is 0 Å². The summed E-state index contributed by atoms with van der Waals surface area (Å²) in [5, 5.41) is 22.8. The highest BCUT2D eigenvalue weighted by molar-refractivity contribution is 6.34. The van der Waals surface area contributed by atoms with Gasteiger partial charge in [0.2, 0.25) is 5.96 Å². The first-order valence-corrected chi connectivity index (χ1v) is 14.9. The second-order valence-electron chi connectivity index (χ2n) is 10.5. The number of rotatable bonds is 11. The number of aliphatic imine (C=N–C) groups is 1. The van der Waals surface area contributed by atoms with Crippen LogP contribution in [0.4, 0.5) is 5.69 Å². The molecule has 10 nitrogen and oxygen atoms in total. The number of likely N-dealkylation sites (N-methyl/N-ethyl adjacent to an activating group) is 1. The SMILES string of the molecule is CCN(CC)CCOc1ccc(NC2=NNC3=CC(c4cc(OC)cc(OC)c4Cl)=C[N+]([O-])(C4CCCC4)C3=N2)cc1. The van der Waals surface area contributed by atoms with E-state index in [1.54, 1.807) is 26.5 Å². The van der Waals surface area contributed by atoms with E-state index in [9.17, 15) is 5.21 Å². The van der Waals surface area contributed by atoms with Crippen molar-refractivity contribution < 1.29 is 18.9 Å². The zero-order chi connectivity index (χ0) is 29.7. The minimum atomic E-state index is -0.704. The molecule has 2 aromatic carbocycles. The maximum Gasteiger partial charge on any atom is 0.261 e. The van der Waals surface area contributed by atoms with Crippen molar-refractivity contribution in [2.24, 2.45) is 10.1 Å². The van der Waals surface area contributed by atoms with Crippen LogP contribution in [0.15, 0.2) is 64.5 Å². The van der Waals surface area contributed by atoms with Gasteiger partial charge in [0.05, 0.1) is 25.3 Å². The molecule has 1 unspecified atom stereocenters. The van der Waals surface area contributed by atoms with Crippen LogP contribution in [0.5, 0.6) is 17.2 Å². The fraction of sp³-hybridized carbons (Fsp3) is 0.419. The molecule has 2 N–H and O–H groups in total. The topological polar surface area (TPSA) is 103 Å². The summed E-state index contributed by atoms with van der Waals surface area (Å²) in [5.41, 5.74) is 5.70. The molecule has 11 heteroatoms.